The van der Waals surface area contributed by atoms with Crippen molar-refractivity contribution in [2.75, 3.05) is 7.11 Å². The van der Waals surface area contributed by atoms with E-state index in [4.69, 9.17) is 14.7 Å². The second kappa shape index (κ2) is 7.05. The van der Waals surface area contributed by atoms with Gasteiger partial charge in [-0.3, -0.25) is 9.78 Å². The number of fused-ring (bicyclic) bond motifs is 2. The Hall–Kier alpha value is -4.46. The number of nitrogens with one attached hydrogen (secondary N) is 2. The molecule has 0 aliphatic carbocycles. The van der Waals surface area contributed by atoms with Crippen LogP contribution in [0.2, 0.25) is 0 Å². The lowest BCUT2D eigenvalue weighted by Crippen LogP contribution is -1.87. The van der Waals surface area contributed by atoms with Gasteiger partial charge in [-0.05, 0) is 35.9 Å². The molecular formula is C24H19N7O. The number of methoxy groups -OCH3 is 1. The number of ether oxygens (including phenoxy) is 1. The quantitative estimate of drug-likeness (QED) is 0.434. The summed E-state index contributed by atoms with van der Waals surface area (Å²) >= 11 is 0. The first kappa shape index (κ1) is 18.3. The minimum absolute atomic E-state index is 0.664. The molecule has 0 saturated carbocycles. The number of rotatable bonds is 4. The molecule has 0 aliphatic rings. The van der Waals surface area contributed by atoms with Gasteiger partial charge in [-0.2, -0.15) is 10.2 Å². The molecular weight excluding hydrogens is 402 g/mol. The SMILES string of the molecule is COc1cccc(-c2cccc3[nH]c(-c4n[nH]c5ccc(-c6cnn(C)c6)nc45)nc23)c1. The van der Waals surface area contributed by atoms with Gasteiger partial charge in [0.25, 0.3) is 0 Å². The van der Waals surface area contributed by atoms with Gasteiger partial charge >= 0.3 is 0 Å². The Labute approximate surface area is 182 Å². The predicted octanol–water partition coefficient (Wildman–Crippen LogP) is 4.58. The Bertz CT molecular complexity index is 1590. The highest BCUT2D eigenvalue weighted by atomic mass is 16.5. The van der Waals surface area contributed by atoms with E-state index in [1.807, 2.05) is 55.7 Å². The molecule has 0 radical (unpaired) electrons. The van der Waals surface area contributed by atoms with Crippen LogP contribution in [0.25, 0.3) is 56.0 Å². The largest absolute Gasteiger partial charge is 0.497 e. The summed E-state index contributed by atoms with van der Waals surface area (Å²) < 4.78 is 7.15. The van der Waals surface area contributed by atoms with Crippen LogP contribution in [0, 0.1) is 0 Å². The first-order valence-corrected chi connectivity index (χ1v) is 10.2. The maximum Gasteiger partial charge on any atom is 0.161 e. The van der Waals surface area contributed by atoms with E-state index < -0.39 is 0 Å². The Morgan fingerprint density at radius 3 is 2.66 bits per heavy atom. The van der Waals surface area contributed by atoms with Crippen molar-refractivity contribution in [3.8, 4) is 39.7 Å². The van der Waals surface area contributed by atoms with E-state index in [1.54, 1.807) is 18.0 Å². The van der Waals surface area contributed by atoms with Crippen molar-refractivity contribution >= 4 is 22.1 Å². The number of imidazole rings is 1. The van der Waals surface area contributed by atoms with Crippen LogP contribution in [-0.4, -0.2) is 42.0 Å². The smallest absolute Gasteiger partial charge is 0.161 e. The monoisotopic (exact) mass is 421 g/mol. The summed E-state index contributed by atoms with van der Waals surface area (Å²) in [7, 11) is 3.56. The van der Waals surface area contributed by atoms with Crippen molar-refractivity contribution in [2.24, 2.45) is 7.05 Å². The Morgan fingerprint density at radius 2 is 1.81 bits per heavy atom. The van der Waals surface area contributed by atoms with Crippen LogP contribution in [0.15, 0.2) is 67.0 Å². The van der Waals surface area contributed by atoms with Crippen LogP contribution < -0.4 is 4.74 Å². The lowest BCUT2D eigenvalue weighted by atomic mass is 10.0. The highest BCUT2D eigenvalue weighted by molar-refractivity contribution is 5.96. The maximum absolute atomic E-state index is 5.39. The molecule has 2 N–H and O–H groups in total. The number of aromatic nitrogens is 7. The van der Waals surface area contributed by atoms with E-state index in [2.05, 4.69) is 32.4 Å². The minimum atomic E-state index is 0.664. The van der Waals surface area contributed by atoms with E-state index in [-0.39, 0.29) is 0 Å². The molecule has 0 unspecified atom stereocenters. The average Bonchev–Trinajstić information content (AvgIpc) is 3.55. The van der Waals surface area contributed by atoms with Gasteiger partial charge in [-0.15, -0.1) is 0 Å². The van der Waals surface area contributed by atoms with Gasteiger partial charge in [-0.1, -0.05) is 24.3 Å². The minimum Gasteiger partial charge on any atom is -0.497 e. The molecule has 2 aromatic carbocycles. The summed E-state index contributed by atoms with van der Waals surface area (Å²) in [6.07, 6.45) is 3.74. The number of para-hydroxylation sites is 1. The van der Waals surface area contributed by atoms with Gasteiger partial charge < -0.3 is 9.72 Å². The van der Waals surface area contributed by atoms with Gasteiger partial charge in [0.1, 0.15) is 11.3 Å². The first-order valence-electron chi connectivity index (χ1n) is 10.2. The maximum atomic E-state index is 5.39. The lowest BCUT2D eigenvalue weighted by molar-refractivity contribution is 0.415. The summed E-state index contributed by atoms with van der Waals surface area (Å²) in [6, 6.07) is 18.0. The Kier molecular flexibility index (Phi) is 4.04. The molecule has 0 spiro atoms. The molecule has 0 aliphatic heterocycles. The number of nitrogens with zero attached hydrogens (tertiary/aromatic N) is 5. The molecule has 8 nitrogen and oxygen atoms in total. The van der Waals surface area contributed by atoms with Crippen LogP contribution in [0.1, 0.15) is 0 Å². The second-order valence-corrected chi connectivity index (χ2v) is 7.59. The van der Waals surface area contributed by atoms with Gasteiger partial charge in [0, 0.05) is 24.4 Å². The Balaban J connectivity index is 1.50. The molecule has 0 amide bonds. The summed E-state index contributed by atoms with van der Waals surface area (Å²) in [5.74, 6) is 1.47. The number of H-pyrrole nitrogens is 2. The van der Waals surface area contributed by atoms with Crippen LogP contribution in [0.5, 0.6) is 5.75 Å². The molecule has 4 aromatic heterocycles. The summed E-state index contributed by atoms with van der Waals surface area (Å²) in [6.45, 7) is 0. The zero-order valence-corrected chi connectivity index (χ0v) is 17.5. The van der Waals surface area contributed by atoms with E-state index in [0.29, 0.717) is 11.5 Å². The fourth-order valence-corrected chi connectivity index (χ4v) is 3.95. The van der Waals surface area contributed by atoms with Gasteiger partial charge in [0.2, 0.25) is 0 Å². The fraction of sp³-hybridized carbons (Fsp3) is 0.0833. The second-order valence-electron chi connectivity index (χ2n) is 7.59. The molecule has 0 saturated heterocycles. The highest BCUT2D eigenvalue weighted by Gasteiger charge is 2.17. The van der Waals surface area contributed by atoms with Crippen molar-refractivity contribution in [3.63, 3.8) is 0 Å². The fourth-order valence-electron chi connectivity index (χ4n) is 3.95. The molecule has 6 aromatic rings. The molecule has 156 valence electrons. The molecule has 4 heterocycles. The molecule has 8 heteroatoms. The highest BCUT2D eigenvalue weighted by Crippen LogP contribution is 2.32. The summed E-state index contributed by atoms with van der Waals surface area (Å²) in [5, 5.41) is 11.8. The van der Waals surface area contributed by atoms with E-state index in [0.717, 1.165) is 50.2 Å². The zero-order valence-electron chi connectivity index (χ0n) is 17.5. The number of pyridine rings is 1. The van der Waals surface area contributed by atoms with Crippen molar-refractivity contribution < 1.29 is 4.74 Å². The van der Waals surface area contributed by atoms with Crippen LogP contribution in [0.3, 0.4) is 0 Å². The van der Waals surface area contributed by atoms with Crippen molar-refractivity contribution in [3.05, 3.63) is 67.0 Å². The van der Waals surface area contributed by atoms with Crippen LogP contribution >= 0.6 is 0 Å². The third kappa shape index (κ3) is 2.92. The number of benzene rings is 2. The standard InChI is InChI=1S/C24H19N7O/c1-31-13-15(12-25-31)18-9-10-20-22(26-18)23(30-29-20)24-27-19-8-4-7-17(21(19)28-24)14-5-3-6-16(11-14)32-2/h3-13H,1-2H3,(H,27,28)(H,29,30). The van der Waals surface area contributed by atoms with Gasteiger partial charge in [-0.25, -0.2) is 9.97 Å². The zero-order chi connectivity index (χ0) is 21.7. The molecule has 6 rings (SSSR count). The predicted molar refractivity (Wildman–Crippen MR) is 123 cm³/mol. The normalized spacial score (nSPS) is 11.4. The third-order valence-electron chi connectivity index (χ3n) is 5.53. The number of hydrogen-bond donors (Lipinski definition) is 2. The first-order chi connectivity index (χ1) is 15.7. The summed E-state index contributed by atoms with van der Waals surface area (Å²) in [4.78, 5) is 13.2. The number of aromatic amines is 2. The molecule has 32 heavy (non-hydrogen) atoms. The number of aryl methyl sites for hydroxylation is 1. The topological polar surface area (TPSA) is 97.3 Å². The van der Waals surface area contributed by atoms with Gasteiger partial charge in [0.15, 0.2) is 11.5 Å². The van der Waals surface area contributed by atoms with Crippen molar-refractivity contribution in [2.45, 2.75) is 0 Å². The summed E-state index contributed by atoms with van der Waals surface area (Å²) in [5.41, 5.74) is 7.93. The Morgan fingerprint density at radius 1 is 0.906 bits per heavy atom. The van der Waals surface area contributed by atoms with E-state index >= 15 is 0 Å². The third-order valence-corrected chi connectivity index (χ3v) is 5.53. The molecule has 0 bridgehead atoms. The van der Waals surface area contributed by atoms with E-state index in [9.17, 15) is 0 Å². The molecule has 0 fully saturated rings. The number of hydrogen-bond acceptors (Lipinski definition) is 5. The van der Waals surface area contributed by atoms with E-state index in [1.165, 1.54) is 0 Å². The van der Waals surface area contributed by atoms with Crippen molar-refractivity contribution in [1.29, 1.82) is 0 Å². The van der Waals surface area contributed by atoms with Gasteiger partial charge in [0.05, 0.1) is 35.6 Å². The average molecular weight is 421 g/mol. The van der Waals surface area contributed by atoms with Crippen LogP contribution in [-0.2, 0) is 7.05 Å². The molecule has 0 atom stereocenters. The van der Waals surface area contributed by atoms with Crippen molar-refractivity contribution in [1.82, 2.24) is 34.9 Å². The lowest BCUT2D eigenvalue weighted by Gasteiger charge is -2.05. The van der Waals surface area contributed by atoms with Crippen LogP contribution in [0.4, 0.5) is 0 Å².